The van der Waals surface area contributed by atoms with Gasteiger partial charge >= 0.3 is 0 Å². The molecule has 2 atom stereocenters. The van der Waals surface area contributed by atoms with Crippen LogP contribution in [0.15, 0.2) is 83.7 Å². The molecule has 1 aliphatic heterocycles. The lowest BCUT2D eigenvalue weighted by atomic mass is 9.77. The van der Waals surface area contributed by atoms with Crippen LogP contribution in [0.25, 0.3) is 6.08 Å². The van der Waals surface area contributed by atoms with E-state index >= 15 is 0 Å². The Bertz CT molecular complexity index is 1190. The van der Waals surface area contributed by atoms with Gasteiger partial charge in [-0.3, -0.25) is 9.78 Å². The van der Waals surface area contributed by atoms with E-state index in [0.29, 0.717) is 15.6 Å². The number of carbonyl (C=O) groups is 1. The molecule has 0 bridgehead atoms. The van der Waals surface area contributed by atoms with Crippen LogP contribution >= 0.6 is 23.2 Å². The SMILES string of the molecule is O=C(c1cccnc1)N1N=C2/C(=C\c3ccc(Cl)cc3)CCC[C@H]2[C@@H]1c1ccc(Cl)cc1. The largest absolute Gasteiger partial charge is 0.276 e. The van der Waals surface area contributed by atoms with Crippen LogP contribution in [0.4, 0.5) is 0 Å². The van der Waals surface area contributed by atoms with Gasteiger partial charge in [0, 0.05) is 28.4 Å². The minimum Gasteiger partial charge on any atom is -0.267 e. The summed E-state index contributed by atoms with van der Waals surface area (Å²) < 4.78 is 0. The smallest absolute Gasteiger partial charge is 0.267 e. The predicted octanol–water partition coefficient (Wildman–Crippen LogP) is 6.83. The van der Waals surface area contributed by atoms with Crippen LogP contribution in [0.1, 0.15) is 46.8 Å². The number of pyridine rings is 1. The van der Waals surface area contributed by atoms with Gasteiger partial charge in [-0.1, -0.05) is 47.5 Å². The predicted molar refractivity (Wildman–Crippen MR) is 129 cm³/mol. The van der Waals surface area contributed by atoms with E-state index < -0.39 is 0 Å². The van der Waals surface area contributed by atoms with Gasteiger partial charge in [0.2, 0.25) is 0 Å². The van der Waals surface area contributed by atoms with Crippen molar-refractivity contribution < 1.29 is 4.79 Å². The molecule has 0 radical (unpaired) electrons. The van der Waals surface area contributed by atoms with E-state index in [1.54, 1.807) is 29.5 Å². The van der Waals surface area contributed by atoms with Crippen LogP contribution in [0.5, 0.6) is 0 Å². The number of halogens is 2. The normalized spacial score (nSPS) is 21.4. The minimum atomic E-state index is -0.177. The second-order valence-electron chi connectivity index (χ2n) is 8.09. The zero-order valence-electron chi connectivity index (χ0n) is 17.3. The molecule has 0 saturated heterocycles. The molecule has 2 aromatic carbocycles. The number of nitrogens with zero attached hydrogens (tertiary/aromatic N) is 3. The molecule has 1 amide bonds. The molecule has 1 saturated carbocycles. The number of fused-ring (bicyclic) bond motifs is 1. The lowest BCUT2D eigenvalue weighted by Gasteiger charge is -2.29. The highest BCUT2D eigenvalue weighted by atomic mass is 35.5. The highest BCUT2D eigenvalue weighted by Gasteiger charge is 2.43. The fourth-order valence-electron chi connectivity index (χ4n) is 4.54. The van der Waals surface area contributed by atoms with Crippen molar-refractivity contribution in [1.29, 1.82) is 0 Å². The summed E-state index contributed by atoms with van der Waals surface area (Å²) in [7, 11) is 0. The molecular formula is C26H21Cl2N3O. The van der Waals surface area contributed by atoms with Gasteiger partial charge in [-0.25, -0.2) is 5.01 Å². The van der Waals surface area contributed by atoms with Gasteiger partial charge in [-0.05, 0) is 78.4 Å². The number of hydrogen-bond donors (Lipinski definition) is 0. The lowest BCUT2D eigenvalue weighted by molar-refractivity contribution is 0.0680. The van der Waals surface area contributed by atoms with Gasteiger partial charge in [0.05, 0.1) is 17.3 Å². The summed E-state index contributed by atoms with van der Waals surface area (Å²) in [6, 6.07) is 18.9. The molecule has 2 heterocycles. The van der Waals surface area contributed by atoms with Gasteiger partial charge in [0.15, 0.2) is 0 Å². The molecule has 6 heteroatoms. The first kappa shape index (κ1) is 20.9. The number of carbonyl (C=O) groups excluding carboxylic acids is 1. The topological polar surface area (TPSA) is 45.6 Å². The third kappa shape index (κ3) is 4.08. The van der Waals surface area contributed by atoms with Crippen molar-refractivity contribution >= 4 is 40.9 Å². The fourth-order valence-corrected chi connectivity index (χ4v) is 4.79. The Balaban J connectivity index is 1.57. The average molecular weight is 462 g/mol. The summed E-state index contributed by atoms with van der Waals surface area (Å²) in [6.07, 6.45) is 8.37. The molecule has 0 spiro atoms. The maximum atomic E-state index is 13.5. The lowest BCUT2D eigenvalue weighted by Crippen LogP contribution is -2.32. The monoisotopic (exact) mass is 461 g/mol. The standard InChI is InChI=1S/C26H21Cl2N3O/c27-21-10-6-17(7-11-21)15-19-3-1-5-23-24(19)30-31(26(32)20-4-2-14-29-16-20)25(23)18-8-12-22(28)13-9-18/h2,4,6-16,23,25H,1,3,5H2/b19-15-/t23-,25+/m1/s1. The van der Waals surface area contributed by atoms with E-state index in [1.807, 2.05) is 48.5 Å². The zero-order valence-corrected chi connectivity index (χ0v) is 18.8. The van der Waals surface area contributed by atoms with E-state index in [0.717, 1.165) is 36.1 Å². The van der Waals surface area contributed by atoms with Crippen LogP contribution in [-0.4, -0.2) is 21.6 Å². The molecular weight excluding hydrogens is 441 g/mol. The molecule has 1 aliphatic carbocycles. The van der Waals surface area contributed by atoms with Gasteiger partial charge < -0.3 is 0 Å². The van der Waals surface area contributed by atoms with Gasteiger partial charge in [0.1, 0.15) is 0 Å². The minimum absolute atomic E-state index is 0.129. The number of benzene rings is 2. The molecule has 1 aromatic heterocycles. The van der Waals surface area contributed by atoms with Crippen molar-refractivity contribution in [3.8, 4) is 0 Å². The molecule has 160 valence electrons. The molecule has 0 N–H and O–H groups in total. The quantitative estimate of drug-likeness (QED) is 0.429. The molecule has 4 nitrogen and oxygen atoms in total. The zero-order chi connectivity index (χ0) is 22.1. The molecule has 5 rings (SSSR count). The first-order chi connectivity index (χ1) is 15.6. The Morgan fingerprint density at radius 2 is 1.72 bits per heavy atom. The third-order valence-corrected chi connectivity index (χ3v) is 6.54. The Hall–Kier alpha value is -2.95. The van der Waals surface area contributed by atoms with Crippen molar-refractivity contribution in [3.63, 3.8) is 0 Å². The van der Waals surface area contributed by atoms with Gasteiger partial charge in [-0.15, -0.1) is 0 Å². The van der Waals surface area contributed by atoms with Crippen molar-refractivity contribution in [2.75, 3.05) is 0 Å². The number of aromatic nitrogens is 1. The maximum absolute atomic E-state index is 13.5. The van der Waals surface area contributed by atoms with Crippen LogP contribution in [0.2, 0.25) is 10.0 Å². The van der Waals surface area contributed by atoms with Crippen LogP contribution < -0.4 is 0 Å². The average Bonchev–Trinajstić information content (AvgIpc) is 3.22. The van der Waals surface area contributed by atoms with Gasteiger partial charge in [-0.2, -0.15) is 5.10 Å². The highest BCUT2D eigenvalue weighted by molar-refractivity contribution is 6.30. The number of allylic oxidation sites excluding steroid dienone is 1. The summed E-state index contributed by atoms with van der Waals surface area (Å²) >= 11 is 12.2. The van der Waals surface area contributed by atoms with E-state index in [-0.39, 0.29) is 17.9 Å². The number of hydrogen-bond acceptors (Lipinski definition) is 3. The van der Waals surface area contributed by atoms with E-state index in [2.05, 4.69) is 11.1 Å². The Morgan fingerprint density at radius 1 is 1.00 bits per heavy atom. The third-order valence-electron chi connectivity index (χ3n) is 6.04. The molecule has 1 fully saturated rings. The first-order valence-electron chi connectivity index (χ1n) is 10.6. The Labute approximate surface area is 197 Å². The summed E-state index contributed by atoms with van der Waals surface area (Å²) in [6.45, 7) is 0. The second-order valence-corrected chi connectivity index (χ2v) is 8.97. The van der Waals surface area contributed by atoms with E-state index in [4.69, 9.17) is 28.3 Å². The summed E-state index contributed by atoms with van der Waals surface area (Å²) in [5.41, 5.74) is 4.79. The molecule has 32 heavy (non-hydrogen) atoms. The number of amides is 1. The Kier molecular flexibility index (Phi) is 5.81. The summed E-state index contributed by atoms with van der Waals surface area (Å²) in [4.78, 5) is 17.6. The van der Waals surface area contributed by atoms with Crippen LogP contribution in [0, 0.1) is 5.92 Å². The number of rotatable bonds is 3. The van der Waals surface area contributed by atoms with Crippen molar-refractivity contribution in [2.24, 2.45) is 11.0 Å². The van der Waals surface area contributed by atoms with E-state index in [1.165, 1.54) is 5.57 Å². The van der Waals surface area contributed by atoms with Crippen LogP contribution in [-0.2, 0) is 0 Å². The highest BCUT2D eigenvalue weighted by Crippen LogP contribution is 2.45. The first-order valence-corrected chi connectivity index (χ1v) is 11.4. The van der Waals surface area contributed by atoms with Crippen molar-refractivity contribution in [2.45, 2.75) is 25.3 Å². The molecule has 0 unspecified atom stereocenters. The van der Waals surface area contributed by atoms with E-state index in [9.17, 15) is 4.79 Å². The van der Waals surface area contributed by atoms with Crippen molar-refractivity contribution in [1.82, 2.24) is 9.99 Å². The summed E-state index contributed by atoms with van der Waals surface area (Å²) in [5, 5.41) is 7.93. The maximum Gasteiger partial charge on any atom is 0.276 e. The summed E-state index contributed by atoms with van der Waals surface area (Å²) in [5.74, 6) is -0.0186. The molecule has 3 aromatic rings. The fraction of sp³-hybridized carbons (Fsp3) is 0.192. The van der Waals surface area contributed by atoms with Crippen molar-refractivity contribution in [3.05, 3.63) is 105 Å². The van der Waals surface area contributed by atoms with Gasteiger partial charge in [0.25, 0.3) is 5.91 Å². The number of hydrazone groups is 1. The molecule has 2 aliphatic rings. The Morgan fingerprint density at radius 3 is 2.41 bits per heavy atom. The second kappa shape index (κ2) is 8.89. The van der Waals surface area contributed by atoms with Crippen LogP contribution in [0.3, 0.4) is 0 Å².